The van der Waals surface area contributed by atoms with Crippen molar-refractivity contribution in [3.8, 4) is 5.75 Å². The molecular formula is C18H23FN4O2. The van der Waals surface area contributed by atoms with Gasteiger partial charge < -0.3 is 14.4 Å². The van der Waals surface area contributed by atoms with E-state index in [4.69, 9.17) is 9.47 Å². The second-order valence-electron chi connectivity index (χ2n) is 6.80. The number of benzene rings is 1. The fourth-order valence-corrected chi connectivity index (χ4v) is 3.96. The maximum absolute atomic E-state index is 14.0. The van der Waals surface area contributed by atoms with Crippen LogP contribution in [0.15, 0.2) is 18.5 Å². The highest BCUT2D eigenvalue weighted by Gasteiger charge is 2.35. The summed E-state index contributed by atoms with van der Waals surface area (Å²) in [5.74, 6) is 1.21. The minimum atomic E-state index is -0.402. The van der Waals surface area contributed by atoms with Crippen LogP contribution in [0.4, 0.5) is 10.2 Å². The van der Waals surface area contributed by atoms with E-state index < -0.39 is 5.82 Å². The molecule has 2 aliphatic heterocycles. The van der Waals surface area contributed by atoms with Gasteiger partial charge in [0.15, 0.2) is 11.6 Å². The molecule has 3 heterocycles. The first-order valence-electron chi connectivity index (χ1n) is 8.72. The predicted octanol–water partition coefficient (Wildman–Crippen LogP) is 1.93. The molecule has 2 unspecified atom stereocenters. The topological polar surface area (TPSA) is 50.7 Å². The normalized spacial score (nSPS) is 24.8. The van der Waals surface area contributed by atoms with Crippen molar-refractivity contribution < 1.29 is 13.9 Å². The average molecular weight is 346 g/mol. The van der Waals surface area contributed by atoms with Gasteiger partial charge in [0.05, 0.1) is 25.8 Å². The van der Waals surface area contributed by atoms with Crippen LogP contribution in [0.5, 0.6) is 5.75 Å². The number of ether oxygens (including phenoxy) is 2. The van der Waals surface area contributed by atoms with Gasteiger partial charge in [0.1, 0.15) is 12.1 Å². The number of methoxy groups -OCH3 is 1. The third-order valence-corrected chi connectivity index (χ3v) is 5.27. The summed E-state index contributed by atoms with van der Waals surface area (Å²) in [5, 5.41) is 0.829. The monoisotopic (exact) mass is 346 g/mol. The maximum Gasteiger partial charge on any atom is 0.167 e. The van der Waals surface area contributed by atoms with Gasteiger partial charge in [0, 0.05) is 43.7 Å². The number of nitrogens with zero attached hydrogens (tertiary/aromatic N) is 4. The molecule has 0 N–H and O–H groups in total. The molecule has 0 bridgehead atoms. The molecule has 2 atom stereocenters. The minimum absolute atomic E-state index is 0.223. The summed E-state index contributed by atoms with van der Waals surface area (Å²) in [4.78, 5) is 13.5. The molecule has 0 aliphatic carbocycles. The van der Waals surface area contributed by atoms with Crippen LogP contribution < -0.4 is 9.64 Å². The lowest BCUT2D eigenvalue weighted by atomic mass is 10.0. The first kappa shape index (κ1) is 16.5. The second kappa shape index (κ2) is 6.72. The van der Waals surface area contributed by atoms with Gasteiger partial charge in [-0.25, -0.2) is 14.4 Å². The van der Waals surface area contributed by atoms with Gasteiger partial charge in [-0.05, 0) is 12.0 Å². The number of rotatable bonds is 3. The molecule has 2 aromatic rings. The molecule has 0 saturated carbocycles. The Labute approximate surface area is 146 Å². The first-order valence-corrected chi connectivity index (χ1v) is 8.72. The summed E-state index contributed by atoms with van der Waals surface area (Å²) in [6.07, 6.45) is 1.51. The van der Waals surface area contributed by atoms with Gasteiger partial charge in [-0.2, -0.15) is 0 Å². The minimum Gasteiger partial charge on any atom is -0.494 e. The third kappa shape index (κ3) is 3.02. The SMILES string of the molecule is COc1cc2c(N3CC(C)C(N4CCOCC4)C3)ncnc2cc1F. The molecule has 2 aliphatic rings. The van der Waals surface area contributed by atoms with Crippen molar-refractivity contribution in [3.05, 3.63) is 24.3 Å². The smallest absolute Gasteiger partial charge is 0.167 e. The molecule has 0 radical (unpaired) electrons. The fourth-order valence-electron chi connectivity index (χ4n) is 3.96. The molecule has 4 rings (SSSR count). The second-order valence-corrected chi connectivity index (χ2v) is 6.80. The van der Waals surface area contributed by atoms with Crippen LogP contribution in [-0.2, 0) is 4.74 Å². The van der Waals surface area contributed by atoms with E-state index in [9.17, 15) is 4.39 Å². The van der Waals surface area contributed by atoms with E-state index in [1.165, 1.54) is 19.5 Å². The van der Waals surface area contributed by atoms with Crippen LogP contribution in [-0.4, -0.2) is 67.4 Å². The lowest BCUT2D eigenvalue weighted by molar-refractivity contribution is 0.0134. The lowest BCUT2D eigenvalue weighted by Crippen LogP contribution is -2.46. The highest BCUT2D eigenvalue weighted by atomic mass is 19.1. The number of anilines is 1. The van der Waals surface area contributed by atoms with Gasteiger partial charge in [-0.3, -0.25) is 4.90 Å². The van der Waals surface area contributed by atoms with E-state index in [0.29, 0.717) is 17.5 Å². The van der Waals surface area contributed by atoms with Crippen molar-refractivity contribution >= 4 is 16.7 Å². The van der Waals surface area contributed by atoms with Crippen LogP contribution in [0.2, 0.25) is 0 Å². The molecular weight excluding hydrogens is 323 g/mol. The van der Waals surface area contributed by atoms with Crippen LogP contribution in [0.3, 0.4) is 0 Å². The molecule has 25 heavy (non-hydrogen) atoms. The Bertz CT molecular complexity index is 766. The Morgan fingerprint density at radius 3 is 2.76 bits per heavy atom. The van der Waals surface area contributed by atoms with Crippen molar-refractivity contribution in [2.75, 3.05) is 51.4 Å². The molecule has 0 amide bonds. The van der Waals surface area contributed by atoms with Crippen molar-refractivity contribution in [1.82, 2.24) is 14.9 Å². The summed E-state index contributed by atoms with van der Waals surface area (Å²) in [6.45, 7) is 7.68. The van der Waals surface area contributed by atoms with Crippen LogP contribution in [0.25, 0.3) is 10.9 Å². The average Bonchev–Trinajstić information content (AvgIpc) is 3.03. The van der Waals surface area contributed by atoms with Crippen LogP contribution >= 0.6 is 0 Å². The van der Waals surface area contributed by atoms with Gasteiger partial charge in [-0.1, -0.05) is 6.92 Å². The third-order valence-electron chi connectivity index (χ3n) is 5.27. The number of hydrogen-bond donors (Lipinski definition) is 0. The molecule has 0 spiro atoms. The zero-order valence-corrected chi connectivity index (χ0v) is 14.6. The summed E-state index contributed by atoms with van der Waals surface area (Å²) < 4.78 is 24.6. The van der Waals surface area contributed by atoms with Gasteiger partial charge in [-0.15, -0.1) is 0 Å². The lowest BCUT2D eigenvalue weighted by Gasteiger charge is -2.34. The molecule has 1 aromatic heterocycles. The van der Waals surface area contributed by atoms with Gasteiger partial charge in [0.2, 0.25) is 0 Å². The molecule has 2 saturated heterocycles. The van der Waals surface area contributed by atoms with Gasteiger partial charge in [0.25, 0.3) is 0 Å². The predicted molar refractivity (Wildman–Crippen MR) is 93.6 cm³/mol. The Balaban J connectivity index is 1.65. The number of morpholine rings is 1. The van der Waals surface area contributed by atoms with E-state index >= 15 is 0 Å². The van der Waals surface area contributed by atoms with Crippen molar-refractivity contribution in [2.45, 2.75) is 13.0 Å². The highest BCUT2D eigenvalue weighted by molar-refractivity contribution is 5.90. The van der Waals surface area contributed by atoms with Crippen LogP contribution in [0, 0.1) is 11.7 Å². The van der Waals surface area contributed by atoms with Crippen molar-refractivity contribution in [2.24, 2.45) is 5.92 Å². The molecule has 1 aromatic carbocycles. The molecule has 7 heteroatoms. The summed E-state index contributed by atoms with van der Waals surface area (Å²) in [5.41, 5.74) is 0.603. The molecule has 134 valence electrons. The number of fused-ring (bicyclic) bond motifs is 1. The maximum atomic E-state index is 14.0. The number of hydrogen-bond acceptors (Lipinski definition) is 6. The summed E-state index contributed by atoms with van der Waals surface area (Å²) >= 11 is 0. The molecule has 6 nitrogen and oxygen atoms in total. The van der Waals surface area contributed by atoms with Crippen molar-refractivity contribution in [1.29, 1.82) is 0 Å². The van der Waals surface area contributed by atoms with E-state index in [1.807, 2.05) is 0 Å². The van der Waals surface area contributed by atoms with E-state index in [0.717, 1.165) is 50.6 Å². The van der Waals surface area contributed by atoms with Gasteiger partial charge >= 0.3 is 0 Å². The van der Waals surface area contributed by atoms with Crippen molar-refractivity contribution in [3.63, 3.8) is 0 Å². The summed E-state index contributed by atoms with van der Waals surface area (Å²) in [7, 11) is 1.47. The van der Waals surface area contributed by atoms with E-state index in [-0.39, 0.29) is 5.75 Å². The van der Waals surface area contributed by atoms with Crippen LogP contribution in [0.1, 0.15) is 6.92 Å². The fraction of sp³-hybridized carbons (Fsp3) is 0.556. The number of aromatic nitrogens is 2. The summed E-state index contributed by atoms with van der Waals surface area (Å²) in [6, 6.07) is 3.60. The quantitative estimate of drug-likeness (QED) is 0.847. The highest BCUT2D eigenvalue weighted by Crippen LogP contribution is 2.33. The zero-order chi connectivity index (χ0) is 17.4. The number of halogens is 1. The Hall–Kier alpha value is -1.99. The standard InChI is InChI=1S/C18H23FN4O2/c1-12-9-23(10-16(12)22-3-5-25-6-4-22)18-13-7-17(24-2)14(19)8-15(13)20-11-21-18/h7-8,11-12,16H,3-6,9-10H2,1-2H3. The molecule has 2 fully saturated rings. The Morgan fingerprint density at radius 1 is 1.20 bits per heavy atom. The largest absolute Gasteiger partial charge is 0.494 e. The van der Waals surface area contributed by atoms with E-state index in [2.05, 4.69) is 26.7 Å². The zero-order valence-electron chi connectivity index (χ0n) is 14.6. The Morgan fingerprint density at radius 2 is 2.00 bits per heavy atom. The Kier molecular flexibility index (Phi) is 4.43. The van der Waals surface area contributed by atoms with E-state index in [1.54, 1.807) is 6.07 Å². The first-order chi connectivity index (χ1) is 12.2.